The van der Waals surface area contributed by atoms with Crippen LogP contribution in [0.2, 0.25) is 0 Å². The third kappa shape index (κ3) is 4.09. The van der Waals surface area contributed by atoms with Crippen molar-refractivity contribution in [3.05, 3.63) is 0 Å². The van der Waals surface area contributed by atoms with Crippen molar-refractivity contribution in [3.63, 3.8) is 0 Å². The first-order chi connectivity index (χ1) is 4.26. The molecule has 0 bridgehead atoms. The molecule has 0 radical (unpaired) electrons. The minimum absolute atomic E-state index is 0. The fraction of sp³-hybridized carbons (Fsp3) is 1.00. The molecule has 64 valence electrons. The third-order valence-corrected chi connectivity index (χ3v) is 1.87. The molecule has 2 nitrogen and oxygen atoms in total. The number of rotatable bonds is 4. The van der Waals surface area contributed by atoms with Crippen LogP contribution in [-0.4, -0.2) is 17.8 Å². The van der Waals surface area contributed by atoms with Crippen LogP contribution >= 0.6 is 12.4 Å². The van der Waals surface area contributed by atoms with E-state index in [0.29, 0.717) is 5.92 Å². The Kier molecular flexibility index (Phi) is 9.40. The van der Waals surface area contributed by atoms with Crippen molar-refractivity contribution in [2.45, 2.75) is 32.7 Å². The van der Waals surface area contributed by atoms with Gasteiger partial charge in [-0.1, -0.05) is 26.7 Å². The first-order valence-electron chi connectivity index (χ1n) is 3.62. The maximum absolute atomic E-state index is 8.64. The van der Waals surface area contributed by atoms with Crippen molar-refractivity contribution in [1.29, 1.82) is 0 Å². The quantitative estimate of drug-likeness (QED) is 0.661. The summed E-state index contributed by atoms with van der Waals surface area (Å²) in [6.45, 7) is 4.32. The van der Waals surface area contributed by atoms with Gasteiger partial charge in [0.15, 0.2) is 0 Å². The van der Waals surface area contributed by atoms with E-state index in [4.69, 9.17) is 10.8 Å². The molecule has 0 fully saturated rings. The molecule has 0 amide bonds. The first-order valence-corrected chi connectivity index (χ1v) is 3.62. The van der Waals surface area contributed by atoms with E-state index >= 15 is 0 Å². The predicted molar refractivity (Wildman–Crippen MR) is 46.4 cm³/mol. The van der Waals surface area contributed by atoms with Crippen molar-refractivity contribution in [1.82, 2.24) is 0 Å². The molecule has 0 aromatic carbocycles. The number of aliphatic hydroxyl groups excluding tert-OH is 1. The zero-order valence-corrected chi connectivity index (χ0v) is 7.53. The molecule has 10 heavy (non-hydrogen) atoms. The first kappa shape index (κ1) is 12.8. The summed E-state index contributed by atoms with van der Waals surface area (Å²) in [7, 11) is 0. The number of hydrogen-bond donors (Lipinski definition) is 2. The summed E-state index contributed by atoms with van der Waals surface area (Å²) in [4.78, 5) is 0. The molecule has 0 aliphatic rings. The number of nitrogens with two attached hydrogens (primary N) is 1. The summed E-state index contributed by atoms with van der Waals surface area (Å²) in [5.41, 5.74) is 5.59. The average Bonchev–Trinajstić information content (AvgIpc) is 1.90. The van der Waals surface area contributed by atoms with E-state index in [1.165, 1.54) is 0 Å². The minimum Gasteiger partial charge on any atom is -0.395 e. The molecule has 0 heterocycles. The average molecular weight is 168 g/mol. The molecular formula is C7H18ClNO. The fourth-order valence-corrected chi connectivity index (χ4v) is 1.04. The van der Waals surface area contributed by atoms with E-state index in [1.54, 1.807) is 0 Å². The van der Waals surface area contributed by atoms with E-state index in [-0.39, 0.29) is 25.1 Å². The van der Waals surface area contributed by atoms with Crippen LogP contribution in [0.4, 0.5) is 0 Å². The number of halogens is 1. The molecule has 3 heteroatoms. The summed E-state index contributed by atoms with van der Waals surface area (Å²) < 4.78 is 0. The van der Waals surface area contributed by atoms with Gasteiger partial charge in [0, 0.05) is 6.04 Å². The van der Waals surface area contributed by atoms with Gasteiger partial charge in [0.1, 0.15) is 0 Å². The highest BCUT2D eigenvalue weighted by molar-refractivity contribution is 5.85. The van der Waals surface area contributed by atoms with E-state index in [1.807, 2.05) is 0 Å². The second-order valence-corrected chi connectivity index (χ2v) is 2.42. The molecule has 0 aromatic heterocycles. The number of hydrogen-bond acceptors (Lipinski definition) is 2. The van der Waals surface area contributed by atoms with E-state index in [2.05, 4.69) is 13.8 Å². The third-order valence-electron chi connectivity index (χ3n) is 1.87. The van der Waals surface area contributed by atoms with Gasteiger partial charge in [-0.15, -0.1) is 12.4 Å². The van der Waals surface area contributed by atoms with Crippen LogP contribution in [0, 0.1) is 5.92 Å². The molecular weight excluding hydrogens is 150 g/mol. The van der Waals surface area contributed by atoms with Crippen LogP contribution < -0.4 is 5.73 Å². The lowest BCUT2D eigenvalue weighted by Gasteiger charge is -2.17. The summed E-state index contributed by atoms with van der Waals surface area (Å²) in [5.74, 6) is 0.495. The molecule has 0 spiro atoms. The lowest BCUT2D eigenvalue weighted by molar-refractivity contribution is 0.220. The highest BCUT2D eigenvalue weighted by Crippen LogP contribution is 2.09. The highest BCUT2D eigenvalue weighted by Gasteiger charge is 2.11. The van der Waals surface area contributed by atoms with E-state index in [0.717, 1.165) is 12.8 Å². The minimum atomic E-state index is -0.0139. The van der Waals surface area contributed by atoms with Gasteiger partial charge in [-0.3, -0.25) is 0 Å². The van der Waals surface area contributed by atoms with Crippen molar-refractivity contribution in [2.24, 2.45) is 11.7 Å². The van der Waals surface area contributed by atoms with Crippen LogP contribution in [0.25, 0.3) is 0 Å². The molecule has 0 aromatic rings. The molecule has 3 N–H and O–H groups in total. The van der Waals surface area contributed by atoms with Crippen molar-refractivity contribution >= 4 is 12.4 Å². The van der Waals surface area contributed by atoms with Crippen LogP contribution in [-0.2, 0) is 0 Å². The standard InChI is InChI=1S/C7H17NO.ClH/c1-3-6(4-2)7(8)5-9;/h6-7,9H,3-5,8H2,1-2H3;1H/t7-;/m0./s1. The van der Waals surface area contributed by atoms with E-state index < -0.39 is 0 Å². The monoisotopic (exact) mass is 167 g/mol. The van der Waals surface area contributed by atoms with Gasteiger partial charge in [-0.2, -0.15) is 0 Å². The predicted octanol–water partition coefficient (Wildman–Crippen LogP) is 1.16. The van der Waals surface area contributed by atoms with Crippen LogP contribution in [0.1, 0.15) is 26.7 Å². The Labute approximate surface area is 69.2 Å². The van der Waals surface area contributed by atoms with Gasteiger partial charge >= 0.3 is 0 Å². The summed E-state index contributed by atoms with van der Waals surface area (Å²) >= 11 is 0. The Hall–Kier alpha value is 0.210. The molecule has 0 rings (SSSR count). The Balaban J connectivity index is 0. The van der Waals surface area contributed by atoms with Crippen LogP contribution in [0.5, 0.6) is 0 Å². The summed E-state index contributed by atoms with van der Waals surface area (Å²) in [5, 5.41) is 8.64. The van der Waals surface area contributed by atoms with Gasteiger partial charge in [0.2, 0.25) is 0 Å². The zero-order valence-electron chi connectivity index (χ0n) is 6.71. The maximum atomic E-state index is 8.64. The summed E-state index contributed by atoms with van der Waals surface area (Å²) in [6.07, 6.45) is 2.14. The zero-order chi connectivity index (χ0) is 7.28. The van der Waals surface area contributed by atoms with Gasteiger partial charge in [0.25, 0.3) is 0 Å². The Morgan fingerprint density at radius 3 is 1.80 bits per heavy atom. The van der Waals surface area contributed by atoms with Gasteiger partial charge < -0.3 is 10.8 Å². The second-order valence-electron chi connectivity index (χ2n) is 2.42. The van der Waals surface area contributed by atoms with Crippen molar-refractivity contribution in [3.8, 4) is 0 Å². The highest BCUT2D eigenvalue weighted by atomic mass is 35.5. The van der Waals surface area contributed by atoms with Crippen molar-refractivity contribution in [2.75, 3.05) is 6.61 Å². The van der Waals surface area contributed by atoms with Gasteiger partial charge in [-0.05, 0) is 5.92 Å². The molecule has 0 saturated carbocycles. The fourth-order valence-electron chi connectivity index (χ4n) is 1.04. The molecule has 0 aliphatic carbocycles. The molecule has 0 saturated heterocycles. The maximum Gasteiger partial charge on any atom is 0.0585 e. The number of aliphatic hydroxyl groups is 1. The topological polar surface area (TPSA) is 46.2 Å². The van der Waals surface area contributed by atoms with Gasteiger partial charge in [0.05, 0.1) is 6.61 Å². The summed E-state index contributed by atoms with van der Waals surface area (Å²) in [6, 6.07) is -0.0139. The van der Waals surface area contributed by atoms with Gasteiger partial charge in [-0.25, -0.2) is 0 Å². The van der Waals surface area contributed by atoms with E-state index in [9.17, 15) is 0 Å². The lowest BCUT2D eigenvalue weighted by atomic mass is 9.96. The molecule has 0 unspecified atom stereocenters. The second kappa shape index (κ2) is 7.32. The van der Waals surface area contributed by atoms with Crippen LogP contribution in [0.15, 0.2) is 0 Å². The molecule has 0 aliphatic heterocycles. The lowest BCUT2D eigenvalue weighted by Crippen LogP contribution is -2.32. The Bertz CT molecular complexity index is 66.6. The Morgan fingerprint density at radius 1 is 1.30 bits per heavy atom. The normalized spacial score (nSPS) is 12.9. The van der Waals surface area contributed by atoms with Crippen LogP contribution in [0.3, 0.4) is 0 Å². The molecule has 1 atom stereocenters. The largest absolute Gasteiger partial charge is 0.395 e. The smallest absolute Gasteiger partial charge is 0.0585 e. The SMILES string of the molecule is CCC(CC)[C@@H](N)CO.Cl. The van der Waals surface area contributed by atoms with Crippen molar-refractivity contribution < 1.29 is 5.11 Å². The Morgan fingerprint density at radius 2 is 1.70 bits per heavy atom.